The summed E-state index contributed by atoms with van der Waals surface area (Å²) in [6.45, 7) is 3.23. The predicted molar refractivity (Wildman–Crippen MR) is 219 cm³/mol. The van der Waals surface area contributed by atoms with Gasteiger partial charge in [-0.1, -0.05) is 126 Å². The summed E-state index contributed by atoms with van der Waals surface area (Å²) in [5.41, 5.74) is 0. The second-order valence-electron chi connectivity index (χ2n) is 14.4. The van der Waals surface area contributed by atoms with Crippen LogP contribution in [-0.4, -0.2) is 89.0 Å². The molecule has 0 radical (unpaired) electrons. The number of allylic oxidation sites excluding steroid dienone is 10. The number of esters is 2. The zero-order valence-electron chi connectivity index (χ0n) is 34.2. The van der Waals surface area contributed by atoms with Crippen LogP contribution in [0.5, 0.6) is 0 Å². The van der Waals surface area contributed by atoms with E-state index in [2.05, 4.69) is 74.6 Å². The molecule has 0 saturated carbocycles. The first-order valence-corrected chi connectivity index (χ1v) is 21.4. The smallest absolute Gasteiger partial charge is 0.306 e. The lowest BCUT2D eigenvalue weighted by Crippen LogP contribution is -2.59. The Morgan fingerprint density at radius 3 is 1.62 bits per heavy atom. The lowest BCUT2D eigenvalue weighted by atomic mass is 9.99. The molecule has 1 fully saturated rings. The van der Waals surface area contributed by atoms with E-state index in [0.29, 0.717) is 12.8 Å². The van der Waals surface area contributed by atoms with Crippen molar-refractivity contribution in [2.24, 2.45) is 0 Å². The van der Waals surface area contributed by atoms with Crippen LogP contribution in [0.4, 0.5) is 0 Å². The van der Waals surface area contributed by atoms with E-state index in [4.69, 9.17) is 18.9 Å². The molecule has 316 valence electrons. The van der Waals surface area contributed by atoms with E-state index in [-0.39, 0.29) is 26.1 Å². The molecule has 10 heteroatoms. The first kappa shape index (κ1) is 50.4. The minimum absolute atomic E-state index is 0.207. The molecule has 1 saturated heterocycles. The Balaban J connectivity index is 2.38. The number of hydrogen-bond acceptors (Lipinski definition) is 10. The number of aliphatic hydroxyl groups is 4. The average Bonchev–Trinajstić information content (AvgIpc) is 3.18. The molecular formula is C45H76O10. The lowest BCUT2D eigenvalue weighted by Gasteiger charge is -2.39. The average molecular weight is 777 g/mol. The number of ether oxygens (including phenoxy) is 4. The Kier molecular flexibility index (Phi) is 32.8. The molecule has 0 aromatic heterocycles. The third-order valence-electron chi connectivity index (χ3n) is 9.39. The zero-order valence-corrected chi connectivity index (χ0v) is 34.2. The number of carbonyl (C=O) groups excluding carboxylic acids is 2. The highest BCUT2D eigenvalue weighted by molar-refractivity contribution is 5.70. The van der Waals surface area contributed by atoms with Gasteiger partial charge in [0.1, 0.15) is 31.0 Å². The highest BCUT2D eigenvalue weighted by Crippen LogP contribution is 2.22. The van der Waals surface area contributed by atoms with E-state index in [0.717, 1.165) is 96.3 Å². The van der Waals surface area contributed by atoms with E-state index in [9.17, 15) is 30.0 Å². The van der Waals surface area contributed by atoms with Gasteiger partial charge in [-0.05, 0) is 77.0 Å². The molecule has 1 unspecified atom stereocenters. The van der Waals surface area contributed by atoms with Crippen molar-refractivity contribution in [3.05, 3.63) is 60.8 Å². The topological polar surface area (TPSA) is 152 Å². The van der Waals surface area contributed by atoms with E-state index >= 15 is 0 Å². The Morgan fingerprint density at radius 2 is 1.07 bits per heavy atom. The third-order valence-corrected chi connectivity index (χ3v) is 9.39. The Hall–Kier alpha value is -2.60. The summed E-state index contributed by atoms with van der Waals surface area (Å²) in [4.78, 5) is 25.3. The quantitative estimate of drug-likeness (QED) is 0.0284. The maximum Gasteiger partial charge on any atom is 0.306 e. The van der Waals surface area contributed by atoms with Crippen LogP contribution in [0.2, 0.25) is 0 Å². The summed E-state index contributed by atoms with van der Waals surface area (Å²) in [7, 11) is 0. The zero-order chi connectivity index (χ0) is 40.2. The van der Waals surface area contributed by atoms with E-state index in [1.54, 1.807) is 0 Å². The van der Waals surface area contributed by atoms with Gasteiger partial charge >= 0.3 is 11.9 Å². The number of hydrogen-bond donors (Lipinski definition) is 4. The molecule has 0 aromatic rings. The minimum atomic E-state index is -1.60. The van der Waals surface area contributed by atoms with E-state index < -0.39 is 55.4 Å². The number of carbonyl (C=O) groups is 2. The molecule has 0 bridgehead atoms. The predicted octanol–water partition coefficient (Wildman–Crippen LogP) is 8.66. The molecule has 0 aromatic carbocycles. The highest BCUT2D eigenvalue weighted by Gasteiger charge is 2.44. The minimum Gasteiger partial charge on any atom is -0.462 e. The fourth-order valence-electron chi connectivity index (χ4n) is 6.00. The van der Waals surface area contributed by atoms with Crippen LogP contribution in [0.15, 0.2) is 60.8 Å². The molecule has 6 atom stereocenters. The molecule has 0 aliphatic carbocycles. The van der Waals surface area contributed by atoms with Gasteiger partial charge < -0.3 is 39.4 Å². The van der Waals surface area contributed by atoms with Crippen LogP contribution in [0, 0.1) is 0 Å². The summed E-state index contributed by atoms with van der Waals surface area (Å²) in [5.74, 6) is -0.848. The first-order chi connectivity index (χ1) is 26.8. The molecule has 4 N–H and O–H groups in total. The van der Waals surface area contributed by atoms with Gasteiger partial charge in [0, 0.05) is 12.8 Å². The maximum absolute atomic E-state index is 12.7. The van der Waals surface area contributed by atoms with E-state index in [1.165, 1.54) is 19.3 Å². The van der Waals surface area contributed by atoms with Crippen molar-refractivity contribution >= 4 is 11.9 Å². The summed E-state index contributed by atoms with van der Waals surface area (Å²) < 4.78 is 22.1. The second kappa shape index (κ2) is 35.8. The lowest BCUT2D eigenvalue weighted by molar-refractivity contribution is -0.305. The van der Waals surface area contributed by atoms with Crippen molar-refractivity contribution in [1.82, 2.24) is 0 Å². The van der Waals surface area contributed by atoms with Gasteiger partial charge in [0.05, 0.1) is 13.2 Å². The number of unbranched alkanes of at least 4 members (excludes halogenated alkanes) is 13. The second-order valence-corrected chi connectivity index (χ2v) is 14.4. The molecule has 1 aliphatic heterocycles. The summed E-state index contributed by atoms with van der Waals surface area (Å²) in [6.07, 6.45) is 35.1. The molecule has 1 rings (SSSR count). The van der Waals surface area contributed by atoms with Gasteiger partial charge in [0.15, 0.2) is 12.4 Å². The van der Waals surface area contributed by atoms with Crippen molar-refractivity contribution < 1.29 is 49.0 Å². The van der Waals surface area contributed by atoms with Crippen molar-refractivity contribution in [2.45, 2.75) is 192 Å². The Labute approximate surface area is 332 Å². The Morgan fingerprint density at radius 1 is 0.582 bits per heavy atom. The van der Waals surface area contributed by atoms with Crippen molar-refractivity contribution in [2.75, 3.05) is 19.8 Å². The van der Waals surface area contributed by atoms with Gasteiger partial charge in [-0.25, -0.2) is 0 Å². The van der Waals surface area contributed by atoms with Gasteiger partial charge in [0.2, 0.25) is 0 Å². The summed E-state index contributed by atoms with van der Waals surface area (Å²) in [6, 6.07) is 0. The van der Waals surface area contributed by atoms with Crippen LogP contribution in [0.1, 0.15) is 155 Å². The standard InChI is InChI=1S/C45H76O10/c1-3-5-7-9-11-13-15-17-19-21-23-25-27-29-31-33-40(47)52-36-38(37-53-45-44(51)43(50)42(49)39(35-46)55-45)54-41(48)34-32-30-28-26-24-22-20-18-16-14-12-10-8-6-4-2/h5,7,11-14,17-20,38-39,42-46,49-51H,3-4,6,8-10,15-16,21-37H2,1-2H3/b7-5+,13-11+,14-12+,19-17+,20-18+/t38?,39-,42+,43+,44-,45-/m1/s1. The molecule has 0 spiro atoms. The molecule has 1 heterocycles. The third kappa shape index (κ3) is 27.6. The normalized spacial score (nSPS) is 21.2. The van der Waals surface area contributed by atoms with Gasteiger partial charge in [-0.2, -0.15) is 0 Å². The van der Waals surface area contributed by atoms with Crippen molar-refractivity contribution in [1.29, 1.82) is 0 Å². The Bertz CT molecular complexity index is 1080. The van der Waals surface area contributed by atoms with Crippen LogP contribution in [0.25, 0.3) is 0 Å². The summed E-state index contributed by atoms with van der Waals surface area (Å²) >= 11 is 0. The van der Waals surface area contributed by atoms with Gasteiger partial charge in [0.25, 0.3) is 0 Å². The molecule has 55 heavy (non-hydrogen) atoms. The van der Waals surface area contributed by atoms with Crippen molar-refractivity contribution in [3.63, 3.8) is 0 Å². The van der Waals surface area contributed by atoms with Gasteiger partial charge in [-0.3, -0.25) is 9.59 Å². The molecular weight excluding hydrogens is 700 g/mol. The highest BCUT2D eigenvalue weighted by atomic mass is 16.7. The number of rotatable bonds is 34. The first-order valence-electron chi connectivity index (χ1n) is 21.4. The van der Waals surface area contributed by atoms with Crippen LogP contribution in [-0.2, 0) is 28.5 Å². The fraction of sp³-hybridized carbons (Fsp3) is 0.733. The number of aliphatic hydroxyl groups excluding tert-OH is 4. The van der Waals surface area contributed by atoms with E-state index in [1.807, 2.05) is 0 Å². The SMILES string of the molecule is CC/C=C/C/C=C/C/C=C/CCCCCCCC(=O)OCC(CO[C@@H]1O[C@H](CO)[C@H](O)[C@H](O)[C@H]1O)OC(=O)CCCCCCC/C=C/C/C=C/CCCCC. The molecule has 0 amide bonds. The van der Waals surface area contributed by atoms with Crippen LogP contribution in [0.3, 0.4) is 0 Å². The largest absolute Gasteiger partial charge is 0.462 e. The van der Waals surface area contributed by atoms with Gasteiger partial charge in [-0.15, -0.1) is 0 Å². The fourth-order valence-corrected chi connectivity index (χ4v) is 6.00. The maximum atomic E-state index is 12.7. The molecule has 10 nitrogen and oxygen atoms in total. The summed E-state index contributed by atoms with van der Waals surface area (Å²) in [5, 5.41) is 40.0. The molecule has 1 aliphatic rings. The van der Waals surface area contributed by atoms with Crippen LogP contribution < -0.4 is 0 Å². The van der Waals surface area contributed by atoms with Crippen molar-refractivity contribution in [3.8, 4) is 0 Å². The van der Waals surface area contributed by atoms with Crippen LogP contribution >= 0.6 is 0 Å². The monoisotopic (exact) mass is 777 g/mol.